The normalized spacial score (nSPS) is 14.1. The molecule has 1 heterocycles. The molecule has 0 aliphatic rings. The number of aliphatic hydroxyl groups excluding tert-OH is 2. The van der Waals surface area contributed by atoms with E-state index < -0.39 is 18.2 Å². The number of ether oxygens (including phenoxy) is 1. The molecule has 0 spiro atoms. The highest BCUT2D eigenvalue weighted by atomic mass is 32.1. The average Bonchev–Trinajstić information content (AvgIpc) is 2.89. The van der Waals surface area contributed by atoms with Gasteiger partial charge in [0.05, 0.1) is 7.11 Å². The van der Waals surface area contributed by atoms with Gasteiger partial charge in [-0.25, -0.2) is 4.79 Å². The molecule has 4 nitrogen and oxygen atoms in total. The molecule has 5 heteroatoms. The minimum absolute atomic E-state index is 0.661. The van der Waals surface area contributed by atoms with Crippen LogP contribution in [0.1, 0.15) is 49.2 Å². The van der Waals surface area contributed by atoms with Crippen molar-refractivity contribution in [3.05, 3.63) is 21.9 Å². The van der Waals surface area contributed by atoms with Gasteiger partial charge in [-0.15, -0.1) is 11.3 Å². The lowest BCUT2D eigenvalue weighted by Gasteiger charge is -2.16. The molecule has 0 aliphatic carbocycles. The fourth-order valence-electron chi connectivity index (χ4n) is 1.95. The number of thiophene rings is 1. The van der Waals surface area contributed by atoms with Crippen LogP contribution in [0.5, 0.6) is 0 Å². The maximum absolute atomic E-state index is 11.2. The van der Waals surface area contributed by atoms with Crippen molar-refractivity contribution < 1.29 is 19.7 Å². The van der Waals surface area contributed by atoms with E-state index in [0.29, 0.717) is 4.88 Å². The first-order chi connectivity index (χ1) is 9.11. The third kappa shape index (κ3) is 4.60. The third-order valence-electron chi connectivity index (χ3n) is 3.09. The van der Waals surface area contributed by atoms with Crippen molar-refractivity contribution in [3.8, 4) is 0 Å². The van der Waals surface area contributed by atoms with Gasteiger partial charge in [-0.2, -0.15) is 0 Å². The van der Waals surface area contributed by atoms with E-state index in [1.807, 2.05) is 11.4 Å². The van der Waals surface area contributed by atoms with Crippen molar-refractivity contribution >= 4 is 17.3 Å². The van der Waals surface area contributed by atoms with Crippen molar-refractivity contribution in [2.24, 2.45) is 0 Å². The van der Waals surface area contributed by atoms with Crippen LogP contribution in [0.3, 0.4) is 0 Å². The van der Waals surface area contributed by atoms with E-state index in [4.69, 9.17) is 0 Å². The Morgan fingerprint density at radius 3 is 2.74 bits per heavy atom. The number of methoxy groups -OCH3 is 1. The summed E-state index contributed by atoms with van der Waals surface area (Å²) in [5, 5.41) is 21.6. The van der Waals surface area contributed by atoms with Crippen LogP contribution < -0.4 is 0 Å². The van der Waals surface area contributed by atoms with Gasteiger partial charge in [0.25, 0.3) is 0 Å². The van der Waals surface area contributed by atoms with Gasteiger partial charge in [0.15, 0.2) is 6.10 Å². The lowest BCUT2D eigenvalue weighted by atomic mass is 10.0. The van der Waals surface area contributed by atoms with Crippen molar-refractivity contribution in [3.63, 3.8) is 0 Å². The Balaban J connectivity index is 2.62. The molecular weight excluding hydrogens is 264 g/mol. The lowest BCUT2D eigenvalue weighted by Crippen LogP contribution is -2.29. The SMILES string of the molecule is CCCCCCc1ccsc1C(O)C(O)C(=O)OC. The van der Waals surface area contributed by atoms with Gasteiger partial charge < -0.3 is 14.9 Å². The summed E-state index contributed by atoms with van der Waals surface area (Å²) in [5.74, 6) is -0.808. The molecule has 0 saturated carbocycles. The number of carbonyl (C=O) groups is 1. The predicted molar refractivity (Wildman–Crippen MR) is 75.1 cm³/mol. The minimum Gasteiger partial charge on any atom is -0.467 e. The quantitative estimate of drug-likeness (QED) is 0.569. The summed E-state index contributed by atoms with van der Waals surface area (Å²) in [4.78, 5) is 11.9. The van der Waals surface area contributed by atoms with Gasteiger partial charge in [-0.1, -0.05) is 26.2 Å². The molecule has 2 N–H and O–H groups in total. The molecule has 108 valence electrons. The standard InChI is InChI=1S/C14H22O4S/c1-3-4-5-6-7-10-8-9-19-13(10)11(15)12(16)14(17)18-2/h8-9,11-12,15-16H,3-7H2,1-2H3. The van der Waals surface area contributed by atoms with E-state index in [-0.39, 0.29) is 0 Å². The zero-order valence-electron chi connectivity index (χ0n) is 11.5. The fraction of sp³-hybridized carbons (Fsp3) is 0.643. The van der Waals surface area contributed by atoms with E-state index in [2.05, 4.69) is 11.7 Å². The number of hydrogen-bond donors (Lipinski definition) is 2. The first-order valence-corrected chi connectivity index (χ1v) is 7.50. The van der Waals surface area contributed by atoms with Crippen LogP contribution in [0, 0.1) is 0 Å². The molecule has 1 rings (SSSR count). The zero-order chi connectivity index (χ0) is 14.3. The highest BCUT2D eigenvalue weighted by Gasteiger charge is 2.28. The molecule has 0 amide bonds. The van der Waals surface area contributed by atoms with E-state index >= 15 is 0 Å². The smallest absolute Gasteiger partial charge is 0.337 e. The second kappa shape index (κ2) is 8.30. The summed E-state index contributed by atoms with van der Waals surface area (Å²) in [5.41, 5.74) is 1.01. The number of rotatable bonds is 8. The molecule has 0 saturated heterocycles. The van der Waals surface area contributed by atoms with E-state index in [1.165, 1.54) is 31.3 Å². The number of carbonyl (C=O) groups excluding carboxylic acids is 1. The van der Waals surface area contributed by atoms with Crippen molar-refractivity contribution in [1.82, 2.24) is 0 Å². The summed E-state index contributed by atoms with van der Waals surface area (Å²) >= 11 is 1.36. The van der Waals surface area contributed by atoms with Gasteiger partial charge in [0.2, 0.25) is 0 Å². The van der Waals surface area contributed by atoms with Gasteiger partial charge in [-0.3, -0.25) is 0 Å². The van der Waals surface area contributed by atoms with Gasteiger partial charge in [0, 0.05) is 4.88 Å². The Morgan fingerprint density at radius 2 is 2.11 bits per heavy atom. The Hall–Kier alpha value is -0.910. The van der Waals surface area contributed by atoms with Crippen LogP contribution >= 0.6 is 11.3 Å². The molecule has 0 aliphatic heterocycles. The van der Waals surface area contributed by atoms with Crippen molar-refractivity contribution in [2.45, 2.75) is 51.2 Å². The molecular formula is C14H22O4S. The number of hydrogen-bond acceptors (Lipinski definition) is 5. The summed E-state index contributed by atoms with van der Waals surface area (Å²) < 4.78 is 4.44. The summed E-state index contributed by atoms with van der Waals surface area (Å²) in [7, 11) is 1.19. The molecule has 0 bridgehead atoms. The molecule has 1 aromatic rings. The number of esters is 1. The maximum atomic E-state index is 11.2. The monoisotopic (exact) mass is 286 g/mol. The summed E-state index contributed by atoms with van der Waals surface area (Å²) in [6, 6.07) is 1.94. The van der Waals surface area contributed by atoms with E-state index in [0.717, 1.165) is 24.8 Å². The molecule has 0 fully saturated rings. The molecule has 2 unspecified atom stereocenters. The number of aryl methyl sites for hydroxylation is 1. The lowest BCUT2D eigenvalue weighted by molar-refractivity contribution is -0.156. The van der Waals surface area contributed by atoms with Crippen LogP contribution in [-0.2, 0) is 16.0 Å². The number of unbranched alkanes of at least 4 members (excludes halogenated alkanes) is 3. The van der Waals surface area contributed by atoms with Gasteiger partial charge in [0.1, 0.15) is 6.10 Å². The maximum Gasteiger partial charge on any atom is 0.337 e. The Bertz CT molecular complexity index is 389. The molecule has 0 aromatic carbocycles. The fourth-order valence-corrected chi connectivity index (χ4v) is 2.92. The van der Waals surface area contributed by atoms with Crippen LogP contribution in [0.2, 0.25) is 0 Å². The van der Waals surface area contributed by atoms with Crippen LogP contribution in [-0.4, -0.2) is 29.4 Å². The van der Waals surface area contributed by atoms with Crippen LogP contribution in [0.4, 0.5) is 0 Å². The van der Waals surface area contributed by atoms with Crippen molar-refractivity contribution in [1.29, 1.82) is 0 Å². The zero-order valence-corrected chi connectivity index (χ0v) is 12.3. The van der Waals surface area contributed by atoms with E-state index in [1.54, 1.807) is 0 Å². The Kier molecular flexibility index (Phi) is 7.05. The largest absolute Gasteiger partial charge is 0.467 e. The van der Waals surface area contributed by atoms with Gasteiger partial charge in [-0.05, 0) is 29.9 Å². The minimum atomic E-state index is -1.52. The second-order valence-corrected chi connectivity index (χ2v) is 5.48. The van der Waals surface area contributed by atoms with Gasteiger partial charge >= 0.3 is 5.97 Å². The molecule has 19 heavy (non-hydrogen) atoms. The highest BCUT2D eigenvalue weighted by molar-refractivity contribution is 7.10. The Morgan fingerprint density at radius 1 is 1.37 bits per heavy atom. The summed E-state index contributed by atoms with van der Waals surface area (Å²) in [6.45, 7) is 2.16. The third-order valence-corrected chi connectivity index (χ3v) is 4.12. The first-order valence-electron chi connectivity index (χ1n) is 6.62. The Labute approximate surface area is 118 Å². The predicted octanol–water partition coefficient (Wildman–Crippen LogP) is 2.44. The highest BCUT2D eigenvalue weighted by Crippen LogP contribution is 2.28. The topological polar surface area (TPSA) is 66.8 Å². The van der Waals surface area contributed by atoms with E-state index in [9.17, 15) is 15.0 Å². The summed E-state index contributed by atoms with van der Waals surface area (Å²) in [6.07, 6.45) is 2.74. The molecule has 1 aromatic heterocycles. The molecule has 2 atom stereocenters. The molecule has 0 radical (unpaired) electrons. The number of aliphatic hydroxyl groups is 2. The first kappa shape index (κ1) is 16.1. The van der Waals surface area contributed by atoms with Crippen molar-refractivity contribution in [2.75, 3.05) is 7.11 Å². The van der Waals surface area contributed by atoms with Crippen LogP contribution in [0.15, 0.2) is 11.4 Å². The second-order valence-electron chi connectivity index (χ2n) is 4.53. The van der Waals surface area contributed by atoms with Crippen LogP contribution in [0.25, 0.3) is 0 Å². The average molecular weight is 286 g/mol.